The van der Waals surface area contributed by atoms with Crippen molar-refractivity contribution < 1.29 is 9.13 Å². The fourth-order valence-corrected chi connectivity index (χ4v) is 3.00. The smallest absolute Gasteiger partial charge is 0.166 e. The number of pyridine rings is 1. The highest BCUT2D eigenvalue weighted by Gasteiger charge is 2.13. The number of benzene rings is 1. The summed E-state index contributed by atoms with van der Waals surface area (Å²) in [5.74, 6) is 0.0142. The van der Waals surface area contributed by atoms with Gasteiger partial charge >= 0.3 is 0 Å². The first-order valence-corrected chi connectivity index (χ1v) is 8.10. The van der Waals surface area contributed by atoms with E-state index in [2.05, 4.69) is 9.97 Å². The van der Waals surface area contributed by atoms with Crippen LogP contribution in [0, 0.1) is 5.82 Å². The van der Waals surface area contributed by atoms with Gasteiger partial charge in [-0.05, 0) is 18.2 Å². The van der Waals surface area contributed by atoms with Crippen LogP contribution in [0.2, 0.25) is 10.0 Å². The molecule has 8 heteroatoms. The van der Waals surface area contributed by atoms with Gasteiger partial charge in [0, 0.05) is 33.9 Å². The van der Waals surface area contributed by atoms with Crippen LogP contribution in [0.5, 0.6) is 5.75 Å². The van der Waals surface area contributed by atoms with Crippen molar-refractivity contribution >= 4 is 40.4 Å². The third kappa shape index (κ3) is 3.39. The number of ether oxygens (including phenoxy) is 1. The molecule has 2 heterocycles. The number of rotatable bonds is 4. The van der Waals surface area contributed by atoms with Crippen molar-refractivity contribution in [3.05, 3.63) is 57.4 Å². The highest BCUT2D eigenvalue weighted by atomic mass is 35.5. The number of anilines is 1. The van der Waals surface area contributed by atoms with Gasteiger partial charge in [0.1, 0.15) is 17.4 Å². The Hall–Kier alpha value is -1.89. The topological polar surface area (TPSA) is 61.0 Å². The average molecular weight is 370 g/mol. The molecule has 0 fully saturated rings. The maximum Gasteiger partial charge on any atom is 0.166 e. The minimum absolute atomic E-state index is 0.0252. The quantitative estimate of drug-likeness (QED) is 0.670. The number of nitrogen functional groups attached to an aromatic ring is 1. The lowest BCUT2D eigenvalue weighted by Crippen LogP contribution is -2.02. The fraction of sp³-hybridized carbons (Fsp3) is 0.0667. The van der Waals surface area contributed by atoms with Crippen molar-refractivity contribution in [1.29, 1.82) is 0 Å². The number of thiazole rings is 1. The minimum atomic E-state index is -0.558. The van der Waals surface area contributed by atoms with Crippen molar-refractivity contribution in [2.24, 2.45) is 0 Å². The number of hydrogen-bond donors (Lipinski definition) is 1. The van der Waals surface area contributed by atoms with Gasteiger partial charge in [-0.3, -0.25) is 0 Å². The van der Waals surface area contributed by atoms with Crippen LogP contribution in [-0.4, -0.2) is 9.97 Å². The van der Waals surface area contributed by atoms with Gasteiger partial charge in [-0.25, -0.2) is 14.4 Å². The first kappa shape index (κ1) is 16.0. The predicted molar refractivity (Wildman–Crippen MR) is 90.5 cm³/mol. The van der Waals surface area contributed by atoms with E-state index in [1.165, 1.54) is 23.5 Å². The highest BCUT2D eigenvalue weighted by molar-refractivity contribution is 7.13. The normalized spacial score (nSPS) is 10.7. The number of aromatic nitrogens is 2. The van der Waals surface area contributed by atoms with Crippen LogP contribution in [0.1, 0.15) is 5.56 Å². The zero-order chi connectivity index (χ0) is 16.4. The van der Waals surface area contributed by atoms with Gasteiger partial charge in [-0.15, -0.1) is 11.3 Å². The second kappa shape index (κ2) is 6.70. The van der Waals surface area contributed by atoms with Crippen LogP contribution >= 0.6 is 34.5 Å². The Labute approximate surface area is 145 Å². The van der Waals surface area contributed by atoms with E-state index >= 15 is 0 Å². The SMILES string of the molecule is Nc1ncc(-c2nccs2)cc1OCc1c(Cl)ccc(F)c1Cl. The van der Waals surface area contributed by atoms with Crippen LogP contribution in [0.4, 0.5) is 10.2 Å². The van der Waals surface area contributed by atoms with Gasteiger partial charge in [0.05, 0.1) is 5.02 Å². The Bertz CT molecular complexity index is 843. The van der Waals surface area contributed by atoms with Crippen molar-refractivity contribution in [2.75, 3.05) is 5.73 Å². The fourth-order valence-electron chi connectivity index (χ4n) is 1.91. The molecule has 0 amide bonds. The molecule has 2 N–H and O–H groups in total. The van der Waals surface area contributed by atoms with Gasteiger partial charge in [0.25, 0.3) is 0 Å². The third-order valence-electron chi connectivity index (χ3n) is 3.07. The Morgan fingerprint density at radius 2 is 2.09 bits per heavy atom. The summed E-state index contributed by atoms with van der Waals surface area (Å²) in [6, 6.07) is 4.35. The van der Waals surface area contributed by atoms with E-state index in [9.17, 15) is 4.39 Å². The van der Waals surface area contributed by atoms with E-state index in [0.29, 0.717) is 16.3 Å². The summed E-state index contributed by atoms with van der Waals surface area (Å²) < 4.78 is 19.2. The summed E-state index contributed by atoms with van der Waals surface area (Å²) >= 11 is 13.4. The molecule has 4 nitrogen and oxygen atoms in total. The largest absolute Gasteiger partial charge is 0.485 e. The van der Waals surface area contributed by atoms with Crippen molar-refractivity contribution in [1.82, 2.24) is 9.97 Å². The van der Waals surface area contributed by atoms with Crippen LogP contribution in [0.25, 0.3) is 10.6 Å². The summed E-state index contributed by atoms with van der Waals surface area (Å²) in [6.45, 7) is -0.0252. The first-order chi connectivity index (χ1) is 11.1. The van der Waals surface area contributed by atoms with Gasteiger partial charge < -0.3 is 10.5 Å². The van der Waals surface area contributed by atoms with Crippen molar-refractivity contribution in [3.63, 3.8) is 0 Å². The van der Waals surface area contributed by atoms with Gasteiger partial charge in [0.2, 0.25) is 0 Å². The molecule has 0 unspecified atom stereocenters. The summed E-state index contributed by atoms with van der Waals surface area (Å²) in [4.78, 5) is 8.29. The summed E-state index contributed by atoms with van der Waals surface area (Å²) in [5.41, 5.74) is 6.95. The number of hydrogen-bond acceptors (Lipinski definition) is 5. The molecule has 0 bridgehead atoms. The van der Waals surface area contributed by atoms with E-state index in [0.717, 1.165) is 10.6 Å². The van der Waals surface area contributed by atoms with Gasteiger partial charge in [-0.2, -0.15) is 0 Å². The molecule has 0 aliphatic rings. The molecular weight excluding hydrogens is 360 g/mol. The average Bonchev–Trinajstić information content (AvgIpc) is 3.07. The second-order valence-electron chi connectivity index (χ2n) is 4.56. The molecule has 0 radical (unpaired) electrons. The lowest BCUT2D eigenvalue weighted by Gasteiger charge is -2.12. The Balaban J connectivity index is 1.86. The van der Waals surface area contributed by atoms with Crippen LogP contribution < -0.4 is 10.5 Å². The van der Waals surface area contributed by atoms with E-state index < -0.39 is 5.82 Å². The third-order valence-corrected chi connectivity index (χ3v) is 4.66. The summed E-state index contributed by atoms with van der Waals surface area (Å²) in [5, 5.41) is 2.90. The number of nitrogens with two attached hydrogens (primary N) is 1. The number of halogens is 3. The minimum Gasteiger partial charge on any atom is -0.485 e. The maximum atomic E-state index is 13.5. The molecule has 3 rings (SSSR count). The molecule has 3 aromatic rings. The van der Waals surface area contributed by atoms with E-state index in [4.69, 9.17) is 33.7 Å². The summed E-state index contributed by atoms with van der Waals surface area (Å²) in [7, 11) is 0. The molecule has 0 aliphatic heterocycles. The summed E-state index contributed by atoms with van der Waals surface area (Å²) in [6.07, 6.45) is 3.31. The van der Waals surface area contributed by atoms with Crippen LogP contribution in [0.3, 0.4) is 0 Å². The predicted octanol–water partition coefficient (Wildman–Crippen LogP) is 4.81. The van der Waals surface area contributed by atoms with Gasteiger partial charge in [0.15, 0.2) is 11.6 Å². The molecular formula is C15H10Cl2FN3OS. The molecule has 0 spiro atoms. The molecule has 118 valence electrons. The standard InChI is InChI=1S/C15H10Cl2FN3OS/c16-10-1-2-11(18)13(17)9(10)7-22-12-5-8(6-21-14(12)19)15-20-3-4-23-15/h1-6H,7H2,(H2,19,21). The molecule has 23 heavy (non-hydrogen) atoms. The molecule has 2 aromatic heterocycles. The molecule has 0 atom stereocenters. The van der Waals surface area contributed by atoms with Gasteiger partial charge in [-0.1, -0.05) is 23.2 Å². The van der Waals surface area contributed by atoms with Crippen LogP contribution in [-0.2, 0) is 6.61 Å². The Morgan fingerprint density at radius 3 is 2.83 bits per heavy atom. The zero-order valence-electron chi connectivity index (χ0n) is 11.6. The second-order valence-corrected chi connectivity index (χ2v) is 6.23. The Kier molecular flexibility index (Phi) is 4.66. The monoisotopic (exact) mass is 369 g/mol. The Morgan fingerprint density at radius 1 is 1.26 bits per heavy atom. The van der Waals surface area contributed by atoms with Crippen molar-refractivity contribution in [3.8, 4) is 16.3 Å². The lowest BCUT2D eigenvalue weighted by molar-refractivity contribution is 0.306. The number of nitrogens with zero attached hydrogens (tertiary/aromatic N) is 2. The van der Waals surface area contributed by atoms with Crippen molar-refractivity contribution in [2.45, 2.75) is 6.61 Å². The highest BCUT2D eigenvalue weighted by Crippen LogP contribution is 2.31. The van der Waals surface area contributed by atoms with E-state index in [1.54, 1.807) is 18.5 Å². The molecule has 0 saturated carbocycles. The van der Waals surface area contributed by atoms with E-state index in [1.807, 2.05) is 5.38 Å². The lowest BCUT2D eigenvalue weighted by atomic mass is 10.2. The maximum absolute atomic E-state index is 13.5. The van der Waals surface area contributed by atoms with Crippen LogP contribution in [0.15, 0.2) is 36.0 Å². The first-order valence-electron chi connectivity index (χ1n) is 6.47. The molecule has 0 saturated heterocycles. The van der Waals surface area contributed by atoms with E-state index in [-0.39, 0.29) is 17.4 Å². The molecule has 0 aliphatic carbocycles. The molecule has 1 aromatic carbocycles. The zero-order valence-corrected chi connectivity index (χ0v) is 13.9.